The third-order valence-electron chi connectivity index (χ3n) is 6.20. The van der Waals surface area contributed by atoms with E-state index in [4.69, 9.17) is 0 Å². The third kappa shape index (κ3) is 4.44. The fourth-order valence-electron chi connectivity index (χ4n) is 4.37. The molecule has 0 bridgehead atoms. The van der Waals surface area contributed by atoms with Crippen LogP contribution in [0.3, 0.4) is 0 Å². The number of hydrogen-bond acceptors (Lipinski definition) is 5. The van der Waals surface area contributed by atoms with Gasteiger partial charge in [-0.3, -0.25) is 4.68 Å². The molecule has 0 saturated heterocycles. The molecule has 0 fully saturated rings. The average Bonchev–Trinajstić information content (AvgIpc) is 3.42. The van der Waals surface area contributed by atoms with Gasteiger partial charge in [0.15, 0.2) is 0 Å². The van der Waals surface area contributed by atoms with Gasteiger partial charge in [0.2, 0.25) is 9.84 Å². The molecule has 1 aromatic heterocycles. The number of fused-ring (bicyclic) bond motifs is 1. The molecular formula is C28H22N4O2S. The van der Waals surface area contributed by atoms with E-state index in [0.29, 0.717) is 6.42 Å². The minimum absolute atomic E-state index is 0.186. The zero-order chi connectivity index (χ0) is 24.3. The van der Waals surface area contributed by atoms with E-state index < -0.39 is 15.3 Å². The van der Waals surface area contributed by atoms with Crippen molar-refractivity contribution in [3.8, 4) is 6.07 Å². The minimum atomic E-state index is -3.65. The highest BCUT2D eigenvalue weighted by atomic mass is 32.2. The van der Waals surface area contributed by atoms with Gasteiger partial charge in [-0.05, 0) is 52.6 Å². The SMILES string of the molecule is N#CC(Cc1ccc2ccccc2c1)(Cn1cncn1)c1ccc(S(=O)(=O)c2ccccc2)cc1. The van der Waals surface area contributed by atoms with Crippen LogP contribution in [0, 0.1) is 11.3 Å². The molecule has 35 heavy (non-hydrogen) atoms. The third-order valence-corrected chi connectivity index (χ3v) is 7.99. The Kier molecular flexibility index (Phi) is 5.89. The van der Waals surface area contributed by atoms with E-state index in [9.17, 15) is 13.7 Å². The molecule has 0 saturated carbocycles. The van der Waals surface area contributed by atoms with Crippen LogP contribution in [0.5, 0.6) is 0 Å². The Balaban J connectivity index is 1.55. The molecule has 0 radical (unpaired) electrons. The van der Waals surface area contributed by atoms with Crippen LogP contribution in [0.25, 0.3) is 10.8 Å². The summed E-state index contributed by atoms with van der Waals surface area (Å²) in [6, 6.07) is 31.7. The first-order valence-electron chi connectivity index (χ1n) is 11.1. The predicted octanol–water partition coefficient (Wildman–Crippen LogP) is 4.97. The Labute approximate surface area is 204 Å². The molecule has 5 rings (SSSR count). The second kappa shape index (κ2) is 9.16. The number of hydrogen-bond donors (Lipinski definition) is 0. The van der Waals surface area contributed by atoms with Gasteiger partial charge in [0.25, 0.3) is 0 Å². The Morgan fingerprint density at radius 1 is 0.829 bits per heavy atom. The highest BCUT2D eigenvalue weighted by Crippen LogP contribution is 2.33. The molecule has 1 heterocycles. The highest BCUT2D eigenvalue weighted by Gasteiger charge is 2.34. The van der Waals surface area contributed by atoms with Crippen LogP contribution in [0.2, 0.25) is 0 Å². The maximum Gasteiger partial charge on any atom is 0.206 e. The van der Waals surface area contributed by atoms with Crippen molar-refractivity contribution < 1.29 is 8.42 Å². The molecule has 4 aromatic carbocycles. The molecule has 6 nitrogen and oxygen atoms in total. The van der Waals surface area contributed by atoms with Gasteiger partial charge >= 0.3 is 0 Å². The summed E-state index contributed by atoms with van der Waals surface area (Å²) in [6.07, 6.45) is 3.45. The molecule has 5 aromatic rings. The molecule has 0 spiro atoms. The molecular weight excluding hydrogens is 456 g/mol. The number of nitrogens with zero attached hydrogens (tertiary/aromatic N) is 4. The van der Waals surface area contributed by atoms with Crippen molar-refractivity contribution in [3.05, 3.63) is 121 Å². The van der Waals surface area contributed by atoms with Crippen LogP contribution < -0.4 is 0 Å². The summed E-state index contributed by atoms with van der Waals surface area (Å²) < 4.78 is 27.7. The Morgan fingerprint density at radius 2 is 1.51 bits per heavy atom. The highest BCUT2D eigenvalue weighted by molar-refractivity contribution is 7.91. The fraction of sp³-hybridized carbons (Fsp3) is 0.107. The zero-order valence-corrected chi connectivity index (χ0v) is 19.6. The maximum absolute atomic E-state index is 13.0. The predicted molar refractivity (Wildman–Crippen MR) is 133 cm³/mol. The van der Waals surface area contributed by atoms with Gasteiger partial charge in [-0.25, -0.2) is 13.4 Å². The van der Waals surface area contributed by atoms with Gasteiger partial charge in [-0.1, -0.05) is 72.8 Å². The smallest absolute Gasteiger partial charge is 0.206 e. The molecule has 0 N–H and O–H groups in total. The summed E-state index contributed by atoms with van der Waals surface area (Å²) in [5.41, 5.74) is 0.743. The van der Waals surface area contributed by atoms with Gasteiger partial charge in [-0.15, -0.1) is 0 Å². The van der Waals surface area contributed by atoms with Crippen LogP contribution in [-0.4, -0.2) is 23.2 Å². The summed E-state index contributed by atoms with van der Waals surface area (Å²) >= 11 is 0. The van der Waals surface area contributed by atoms with E-state index >= 15 is 0 Å². The lowest BCUT2D eigenvalue weighted by atomic mass is 9.76. The van der Waals surface area contributed by atoms with Crippen molar-refractivity contribution in [3.63, 3.8) is 0 Å². The van der Waals surface area contributed by atoms with Gasteiger partial charge in [0.1, 0.15) is 18.1 Å². The topological polar surface area (TPSA) is 88.6 Å². The standard InChI is InChI=1S/C28H22N4O2S/c29-18-28(19-32-21-30-20-31-32,17-22-10-11-23-6-4-5-7-24(23)16-22)25-12-14-27(15-13-25)35(33,34)26-8-2-1-3-9-26/h1-16,20-21H,17,19H2. The second-order valence-corrected chi connectivity index (χ2v) is 10.4. The summed E-state index contributed by atoms with van der Waals surface area (Å²) in [4.78, 5) is 4.45. The van der Waals surface area contributed by atoms with Gasteiger partial charge < -0.3 is 0 Å². The van der Waals surface area contributed by atoms with E-state index in [0.717, 1.165) is 21.9 Å². The average molecular weight is 479 g/mol. The van der Waals surface area contributed by atoms with Crippen molar-refractivity contribution in [2.24, 2.45) is 0 Å². The molecule has 1 atom stereocenters. The number of aromatic nitrogens is 3. The summed E-state index contributed by atoms with van der Waals surface area (Å²) in [7, 11) is -3.65. The van der Waals surface area contributed by atoms with Crippen molar-refractivity contribution >= 4 is 20.6 Å². The largest absolute Gasteiger partial charge is 0.251 e. The monoisotopic (exact) mass is 478 g/mol. The Hall–Kier alpha value is -4.28. The van der Waals surface area contributed by atoms with Gasteiger partial charge in [0.05, 0.1) is 22.4 Å². The van der Waals surface area contributed by atoms with Gasteiger partial charge in [0, 0.05) is 0 Å². The van der Waals surface area contributed by atoms with Crippen LogP contribution in [0.1, 0.15) is 11.1 Å². The van der Waals surface area contributed by atoms with Crippen LogP contribution >= 0.6 is 0 Å². The number of rotatable bonds is 7. The van der Waals surface area contributed by atoms with E-state index in [1.165, 1.54) is 6.33 Å². The lowest BCUT2D eigenvalue weighted by Gasteiger charge is -2.27. The molecule has 0 amide bonds. The molecule has 0 aliphatic rings. The molecule has 172 valence electrons. The van der Waals surface area contributed by atoms with Gasteiger partial charge in [-0.2, -0.15) is 10.4 Å². The Morgan fingerprint density at radius 3 is 2.20 bits per heavy atom. The fourth-order valence-corrected chi connectivity index (χ4v) is 5.65. The van der Waals surface area contributed by atoms with Crippen molar-refractivity contribution in [1.82, 2.24) is 14.8 Å². The summed E-state index contributed by atoms with van der Waals surface area (Å²) in [6.45, 7) is 0.279. The Bertz CT molecular complexity index is 1610. The van der Waals surface area contributed by atoms with Crippen molar-refractivity contribution in [2.45, 2.75) is 28.2 Å². The minimum Gasteiger partial charge on any atom is -0.251 e. The lowest BCUT2D eigenvalue weighted by Crippen LogP contribution is -2.33. The first-order chi connectivity index (χ1) is 17.0. The second-order valence-electron chi connectivity index (χ2n) is 8.49. The first kappa shape index (κ1) is 22.5. The van der Waals surface area contributed by atoms with Crippen LogP contribution in [-0.2, 0) is 28.2 Å². The molecule has 0 aliphatic carbocycles. The van der Waals surface area contributed by atoms with Crippen LogP contribution in [0.15, 0.2) is 120 Å². The molecule has 0 aliphatic heterocycles. The number of benzene rings is 4. The quantitative estimate of drug-likeness (QED) is 0.330. The lowest BCUT2D eigenvalue weighted by molar-refractivity contribution is 0.424. The zero-order valence-electron chi connectivity index (χ0n) is 18.8. The van der Waals surface area contributed by atoms with Crippen molar-refractivity contribution in [1.29, 1.82) is 5.26 Å². The van der Waals surface area contributed by atoms with Crippen molar-refractivity contribution in [2.75, 3.05) is 0 Å². The first-order valence-corrected chi connectivity index (χ1v) is 12.6. The number of sulfone groups is 1. The number of nitriles is 1. The van der Waals surface area contributed by atoms with Crippen LogP contribution in [0.4, 0.5) is 0 Å². The summed E-state index contributed by atoms with van der Waals surface area (Å²) in [5.74, 6) is 0. The summed E-state index contributed by atoms with van der Waals surface area (Å²) in [5, 5.41) is 16.9. The molecule has 1 unspecified atom stereocenters. The maximum atomic E-state index is 13.0. The van der Waals surface area contributed by atoms with E-state index in [1.54, 1.807) is 65.6 Å². The van der Waals surface area contributed by atoms with E-state index in [2.05, 4.69) is 34.4 Å². The van der Waals surface area contributed by atoms with E-state index in [-0.39, 0.29) is 16.3 Å². The normalized spacial score (nSPS) is 13.2. The van der Waals surface area contributed by atoms with E-state index in [1.807, 2.05) is 24.3 Å². The molecule has 7 heteroatoms.